The second kappa shape index (κ2) is 9.87. The smallest absolute Gasteiger partial charge is 0.257 e. The average molecular weight is 480 g/mol. The third-order valence-electron chi connectivity index (χ3n) is 6.39. The Labute approximate surface area is 200 Å². The number of halogens is 3. The predicted octanol–water partition coefficient (Wildman–Crippen LogP) is 4.78. The van der Waals surface area contributed by atoms with Crippen LogP contribution in [-0.2, 0) is 6.54 Å². The van der Waals surface area contributed by atoms with Gasteiger partial charge in [-0.25, -0.2) is 13.2 Å². The van der Waals surface area contributed by atoms with E-state index in [1.165, 1.54) is 11.0 Å². The van der Waals surface area contributed by atoms with Gasteiger partial charge in [-0.05, 0) is 73.5 Å². The Morgan fingerprint density at radius 2 is 1.63 bits per heavy atom. The van der Waals surface area contributed by atoms with Crippen molar-refractivity contribution in [2.24, 2.45) is 0 Å². The number of fused-ring (bicyclic) bond motifs is 1. The Morgan fingerprint density at radius 3 is 2.43 bits per heavy atom. The van der Waals surface area contributed by atoms with E-state index in [4.69, 9.17) is 0 Å². The van der Waals surface area contributed by atoms with Gasteiger partial charge in [-0.2, -0.15) is 15.4 Å². The van der Waals surface area contributed by atoms with Crippen molar-refractivity contribution in [3.8, 4) is 11.1 Å². The molecule has 2 heterocycles. The molecule has 0 atom stereocenters. The van der Waals surface area contributed by atoms with Crippen LogP contribution in [0.3, 0.4) is 0 Å². The second-order valence-electron chi connectivity index (χ2n) is 8.73. The number of aromatic nitrogens is 3. The molecule has 1 aliphatic rings. The van der Waals surface area contributed by atoms with E-state index in [9.17, 15) is 18.0 Å². The fraction of sp³-hybridized carbons (Fsp3) is 0.269. The summed E-state index contributed by atoms with van der Waals surface area (Å²) in [6.07, 6.45) is 2.18. The van der Waals surface area contributed by atoms with E-state index in [2.05, 4.69) is 20.3 Å². The first-order valence-corrected chi connectivity index (χ1v) is 11.5. The Kier molecular flexibility index (Phi) is 6.50. The van der Waals surface area contributed by atoms with E-state index >= 15 is 0 Å². The van der Waals surface area contributed by atoms with Crippen LogP contribution in [0.1, 0.15) is 28.8 Å². The van der Waals surface area contributed by atoms with Gasteiger partial charge in [-0.1, -0.05) is 12.1 Å². The van der Waals surface area contributed by atoms with Crippen molar-refractivity contribution in [2.45, 2.75) is 19.4 Å². The summed E-state index contributed by atoms with van der Waals surface area (Å²) in [5.41, 5.74) is 3.05. The summed E-state index contributed by atoms with van der Waals surface area (Å²) in [5, 5.41) is 10.7. The second-order valence-corrected chi connectivity index (χ2v) is 8.73. The molecule has 1 aliphatic heterocycles. The van der Waals surface area contributed by atoms with Gasteiger partial charge in [0.05, 0.1) is 5.56 Å². The quantitative estimate of drug-likeness (QED) is 0.414. The minimum atomic E-state index is -0.934. The van der Waals surface area contributed by atoms with Crippen LogP contribution in [0, 0.1) is 17.5 Å². The van der Waals surface area contributed by atoms with E-state index in [1.807, 2.05) is 18.2 Å². The minimum absolute atomic E-state index is 0.0463. The standard InChI is InChI=1S/C26H24F3N5O/c27-20-5-6-21(23(29)15-20)26(35)34(12-11-33-9-1-2-10-33)16-19-13-17(3-7-22(19)28)18-4-8-24-25(14-18)31-32-30-24/h3-8,13-15H,1-2,9-12,16H2,(H,30,31,32). The molecule has 180 valence electrons. The van der Waals surface area contributed by atoms with Gasteiger partial charge in [0.15, 0.2) is 0 Å². The summed E-state index contributed by atoms with van der Waals surface area (Å²) < 4.78 is 42.7. The molecule has 0 radical (unpaired) electrons. The zero-order valence-corrected chi connectivity index (χ0v) is 19.0. The van der Waals surface area contributed by atoms with Crippen molar-refractivity contribution >= 4 is 16.9 Å². The predicted molar refractivity (Wildman–Crippen MR) is 126 cm³/mol. The molecule has 0 spiro atoms. The number of hydrogen-bond acceptors (Lipinski definition) is 4. The molecular weight excluding hydrogens is 455 g/mol. The van der Waals surface area contributed by atoms with Gasteiger partial charge in [0, 0.05) is 31.3 Å². The zero-order valence-electron chi connectivity index (χ0n) is 19.0. The van der Waals surface area contributed by atoms with Crippen LogP contribution >= 0.6 is 0 Å². The van der Waals surface area contributed by atoms with Gasteiger partial charge < -0.3 is 9.80 Å². The molecule has 0 aliphatic carbocycles. The lowest BCUT2D eigenvalue weighted by atomic mass is 10.0. The number of benzene rings is 3. The number of amides is 1. The van der Waals surface area contributed by atoms with Gasteiger partial charge in [-0.15, -0.1) is 0 Å². The van der Waals surface area contributed by atoms with Gasteiger partial charge in [0.25, 0.3) is 5.91 Å². The van der Waals surface area contributed by atoms with Gasteiger partial charge in [0.2, 0.25) is 0 Å². The first-order valence-electron chi connectivity index (χ1n) is 11.5. The minimum Gasteiger partial charge on any atom is -0.333 e. The fourth-order valence-electron chi connectivity index (χ4n) is 4.45. The van der Waals surface area contributed by atoms with Crippen molar-refractivity contribution in [1.29, 1.82) is 0 Å². The fourth-order valence-corrected chi connectivity index (χ4v) is 4.45. The number of aromatic amines is 1. The Balaban J connectivity index is 1.44. The van der Waals surface area contributed by atoms with E-state index < -0.39 is 23.4 Å². The molecule has 1 fully saturated rings. The normalized spacial score (nSPS) is 14.0. The molecule has 0 saturated carbocycles. The summed E-state index contributed by atoms with van der Waals surface area (Å²) in [4.78, 5) is 16.9. The third-order valence-corrected chi connectivity index (χ3v) is 6.39. The van der Waals surface area contributed by atoms with Crippen LogP contribution in [0.4, 0.5) is 13.2 Å². The summed E-state index contributed by atoms with van der Waals surface area (Å²) in [5.74, 6) is -2.76. The SMILES string of the molecule is O=C(c1ccc(F)cc1F)N(CCN1CCCC1)Cc1cc(-c2ccc3n[nH]nc3c2)ccc1F. The first kappa shape index (κ1) is 23.0. The van der Waals surface area contributed by atoms with Crippen LogP contribution in [-0.4, -0.2) is 57.3 Å². The van der Waals surface area contributed by atoms with Crippen LogP contribution in [0.15, 0.2) is 54.6 Å². The lowest BCUT2D eigenvalue weighted by molar-refractivity contribution is 0.0720. The number of nitrogens with one attached hydrogen (secondary N) is 1. The van der Waals surface area contributed by atoms with E-state index in [0.717, 1.165) is 54.7 Å². The topological polar surface area (TPSA) is 65.1 Å². The molecule has 5 rings (SSSR count). The van der Waals surface area contributed by atoms with Crippen LogP contribution in [0.2, 0.25) is 0 Å². The van der Waals surface area contributed by atoms with E-state index in [0.29, 0.717) is 30.2 Å². The van der Waals surface area contributed by atoms with E-state index in [1.54, 1.807) is 12.1 Å². The van der Waals surface area contributed by atoms with Crippen molar-refractivity contribution in [1.82, 2.24) is 25.2 Å². The highest BCUT2D eigenvalue weighted by atomic mass is 19.1. The highest BCUT2D eigenvalue weighted by Crippen LogP contribution is 2.26. The molecule has 9 heteroatoms. The zero-order chi connectivity index (χ0) is 24.4. The molecule has 1 saturated heterocycles. The molecule has 35 heavy (non-hydrogen) atoms. The number of rotatable bonds is 7. The van der Waals surface area contributed by atoms with Crippen molar-refractivity contribution < 1.29 is 18.0 Å². The maximum atomic E-state index is 14.9. The maximum absolute atomic E-state index is 14.9. The number of H-pyrrole nitrogens is 1. The molecule has 1 amide bonds. The molecular formula is C26H24F3N5O. The maximum Gasteiger partial charge on any atom is 0.257 e. The van der Waals surface area contributed by atoms with Crippen LogP contribution in [0.5, 0.6) is 0 Å². The number of hydrogen-bond donors (Lipinski definition) is 1. The molecule has 0 unspecified atom stereocenters. The molecule has 3 aromatic carbocycles. The van der Waals surface area contributed by atoms with Crippen molar-refractivity contribution in [3.63, 3.8) is 0 Å². The highest BCUT2D eigenvalue weighted by Gasteiger charge is 2.23. The van der Waals surface area contributed by atoms with Crippen LogP contribution < -0.4 is 0 Å². The van der Waals surface area contributed by atoms with Crippen LogP contribution in [0.25, 0.3) is 22.2 Å². The Bertz CT molecular complexity index is 1370. The third kappa shape index (κ3) is 5.05. The highest BCUT2D eigenvalue weighted by molar-refractivity contribution is 5.94. The Hall–Kier alpha value is -3.72. The first-order chi connectivity index (χ1) is 17.0. The number of likely N-dealkylation sites (tertiary alicyclic amines) is 1. The monoisotopic (exact) mass is 479 g/mol. The van der Waals surface area contributed by atoms with Gasteiger partial charge in [0.1, 0.15) is 28.5 Å². The number of carbonyl (C=O) groups excluding carboxylic acids is 1. The van der Waals surface area contributed by atoms with Gasteiger partial charge in [-0.3, -0.25) is 4.79 Å². The molecule has 0 bridgehead atoms. The van der Waals surface area contributed by atoms with Gasteiger partial charge >= 0.3 is 0 Å². The Morgan fingerprint density at radius 1 is 0.886 bits per heavy atom. The summed E-state index contributed by atoms with van der Waals surface area (Å²) in [6, 6.07) is 13.1. The lowest BCUT2D eigenvalue weighted by Gasteiger charge is -2.26. The summed E-state index contributed by atoms with van der Waals surface area (Å²) in [6.45, 7) is 2.71. The van der Waals surface area contributed by atoms with Crippen molar-refractivity contribution in [3.05, 3.63) is 83.2 Å². The van der Waals surface area contributed by atoms with E-state index in [-0.39, 0.29) is 12.1 Å². The molecule has 4 aromatic rings. The summed E-state index contributed by atoms with van der Waals surface area (Å²) >= 11 is 0. The number of carbonyl (C=O) groups is 1. The molecule has 1 N–H and O–H groups in total. The number of nitrogens with zero attached hydrogens (tertiary/aromatic N) is 4. The largest absolute Gasteiger partial charge is 0.333 e. The average Bonchev–Trinajstić information content (AvgIpc) is 3.54. The molecule has 6 nitrogen and oxygen atoms in total. The van der Waals surface area contributed by atoms with Crippen molar-refractivity contribution in [2.75, 3.05) is 26.2 Å². The summed E-state index contributed by atoms with van der Waals surface area (Å²) in [7, 11) is 0. The molecule has 1 aromatic heterocycles. The lowest BCUT2D eigenvalue weighted by Crippen LogP contribution is -2.38.